The van der Waals surface area contributed by atoms with Gasteiger partial charge < -0.3 is 20.1 Å². The molecule has 0 aliphatic heterocycles. The number of aliphatic hydroxyl groups is 1. The molecule has 0 aliphatic rings. The van der Waals surface area contributed by atoms with Crippen LogP contribution in [0.15, 0.2) is 24.4 Å². The van der Waals surface area contributed by atoms with Crippen LogP contribution >= 0.6 is 19.8 Å². The number of aromatic hydroxyl groups is 2. The number of hydrogen-bond acceptors (Lipinski definition) is 8. The van der Waals surface area contributed by atoms with Gasteiger partial charge in [0.1, 0.15) is 30.3 Å². The van der Waals surface area contributed by atoms with Gasteiger partial charge in [-0.2, -0.15) is 0 Å². The van der Waals surface area contributed by atoms with Gasteiger partial charge in [0.05, 0.1) is 11.8 Å². The van der Waals surface area contributed by atoms with Crippen LogP contribution in [-0.2, 0) is 25.2 Å². The van der Waals surface area contributed by atoms with Crippen LogP contribution < -0.4 is 5.09 Å². The fourth-order valence-corrected chi connectivity index (χ4v) is 3.65. The lowest BCUT2D eigenvalue weighted by molar-refractivity contribution is -0.149. The van der Waals surface area contributed by atoms with E-state index in [0.717, 1.165) is 0 Å². The maximum atomic E-state index is 12.2. The summed E-state index contributed by atoms with van der Waals surface area (Å²) >= 11 is 6.14. The fourth-order valence-electron chi connectivity index (χ4n) is 2.68. The predicted molar refractivity (Wildman–Crippen MR) is 114 cm³/mol. The topological polar surface area (TPSA) is 138 Å². The largest absolute Gasteiger partial charge is 0.614 e. The van der Waals surface area contributed by atoms with E-state index in [0.29, 0.717) is 0 Å². The van der Waals surface area contributed by atoms with Crippen LogP contribution in [-0.4, -0.2) is 38.4 Å². The van der Waals surface area contributed by atoms with E-state index in [2.05, 4.69) is 10.1 Å². The Labute approximate surface area is 185 Å². The number of hydrogen-bond donors (Lipinski definition) is 4. The van der Waals surface area contributed by atoms with Crippen LogP contribution in [0.5, 0.6) is 11.5 Å². The van der Waals surface area contributed by atoms with Gasteiger partial charge in [-0.15, -0.1) is 4.52 Å². The Kier molecular flexibility index (Phi) is 8.73. The molecular formula is C20H25ClN2O7P+. The highest BCUT2D eigenvalue weighted by Crippen LogP contribution is 2.38. The molecule has 1 heterocycles. The minimum absolute atomic E-state index is 0.0515. The number of rotatable bonds is 9. The van der Waals surface area contributed by atoms with Crippen molar-refractivity contribution >= 4 is 25.7 Å². The summed E-state index contributed by atoms with van der Waals surface area (Å²) in [5, 5.41) is 33.8. The van der Waals surface area contributed by atoms with Crippen molar-refractivity contribution in [1.29, 1.82) is 0 Å². The fraction of sp³-hybridized carbons (Fsp3) is 0.400. The molecule has 0 bridgehead atoms. The first-order valence-corrected chi connectivity index (χ1v) is 11.0. The van der Waals surface area contributed by atoms with Gasteiger partial charge in [0.15, 0.2) is 0 Å². The third kappa shape index (κ3) is 6.59. The van der Waals surface area contributed by atoms with Crippen molar-refractivity contribution in [2.45, 2.75) is 52.6 Å². The lowest BCUT2D eigenvalue weighted by atomic mass is 9.96. The zero-order valence-corrected chi connectivity index (χ0v) is 19.1. The summed E-state index contributed by atoms with van der Waals surface area (Å²) in [6.45, 7) is 6.13. The molecule has 0 fully saturated rings. The number of halogens is 1. The summed E-state index contributed by atoms with van der Waals surface area (Å²) in [5.74, 6) is -0.979. The first-order chi connectivity index (χ1) is 14.5. The lowest BCUT2D eigenvalue weighted by Crippen LogP contribution is -2.32. The highest BCUT2D eigenvalue weighted by molar-refractivity contribution is 7.36. The number of nitrogens with zero attached hydrogens (tertiary/aromatic N) is 1. The summed E-state index contributed by atoms with van der Waals surface area (Å²) in [6, 6.07) is 3.18. The lowest BCUT2D eigenvalue weighted by Gasteiger charge is -2.18. The number of carbonyl (C=O) groups excluding carboxylic acids is 1. The molecule has 4 N–H and O–H groups in total. The summed E-state index contributed by atoms with van der Waals surface area (Å²) in [4.78, 5) is 15.9. The van der Waals surface area contributed by atoms with Gasteiger partial charge in [-0.1, -0.05) is 16.7 Å². The number of carbonyl (C=O) groups is 1. The van der Waals surface area contributed by atoms with Crippen LogP contribution in [0, 0.1) is 6.92 Å². The Hall–Kier alpha value is -2.29. The summed E-state index contributed by atoms with van der Waals surface area (Å²) in [7, 11) is -2.47. The number of phenolic OH excluding ortho intramolecular Hbond substituents is 1. The van der Waals surface area contributed by atoms with Crippen LogP contribution in [0.25, 0.3) is 0 Å². The van der Waals surface area contributed by atoms with Gasteiger partial charge in [-0.25, -0.2) is 0 Å². The number of aromatic nitrogens is 1. The van der Waals surface area contributed by atoms with Crippen molar-refractivity contribution in [2.75, 3.05) is 0 Å². The Morgan fingerprint density at radius 2 is 1.97 bits per heavy atom. The van der Waals surface area contributed by atoms with E-state index in [9.17, 15) is 24.7 Å². The van der Waals surface area contributed by atoms with E-state index >= 15 is 0 Å². The first kappa shape index (κ1) is 25.0. The number of ether oxygens (including phenoxy) is 1. The van der Waals surface area contributed by atoms with E-state index in [1.54, 1.807) is 20.8 Å². The Morgan fingerprint density at radius 3 is 2.61 bits per heavy atom. The summed E-state index contributed by atoms with van der Waals surface area (Å²) in [5.41, 5.74) is 0.714. The van der Waals surface area contributed by atoms with Crippen LogP contribution in [0.2, 0.25) is 5.02 Å². The number of aliphatic hydroxyl groups excluding tert-OH is 1. The van der Waals surface area contributed by atoms with Crippen molar-refractivity contribution in [2.24, 2.45) is 0 Å². The quantitative estimate of drug-likeness (QED) is 0.319. The van der Waals surface area contributed by atoms with Crippen molar-refractivity contribution in [3.8, 4) is 11.5 Å². The highest BCUT2D eigenvalue weighted by Gasteiger charge is 2.30. The molecule has 9 nitrogen and oxygen atoms in total. The number of phenols is 1. The Morgan fingerprint density at radius 1 is 1.29 bits per heavy atom. The van der Waals surface area contributed by atoms with Crippen molar-refractivity contribution < 1.29 is 33.9 Å². The second-order valence-electron chi connectivity index (χ2n) is 7.11. The van der Waals surface area contributed by atoms with Crippen molar-refractivity contribution in [1.82, 2.24) is 10.1 Å². The van der Waals surface area contributed by atoms with E-state index in [-0.39, 0.29) is 51.6 Å². The molecule has 31 heavy (non-hydrogen) atoms. The summed E-state index contributed by atoms with van der Waals surface area (Å²) in [6.07, 6.45) is -0.361. The maximum Gasteiger partial charge on any atom is 0.614 e. The van der Waals surface area contributed by atoms with E-state index in [1.165, 1.54) is 31.3 Å². The van der Waals surface area contributed by atoms with Gasteiger partial charge in [0, 0.05) is 27.9 Å². The Bertz CT molecular complexity index is 971. The average Bonchev–Trinajstić information content (AvgIpc) is 2.69. The molecule has 0 radical (unpaired) electrons. The number of aryl methyl sites for hydroxylation is 1. The van der Waals surface area contributed by atoms with Crippen molar-refractivity contribution in [3.63, 3.8) is 0 Å². The Balaban J connectivity index is 2.21. The van der Waals surface area contributed by atoms with Gasteiger partial charge in [0.2, 0.25) is 0 Å². The SMILES string of the molecule is Cc1ncc(CO[P+](=O)N[C@@H](C)C(=O)OC(C)C)c([C@@H](O)c2cc(O)ccc2Cl)c1O. The van der Waals surface area contributed by atoms with Gasteiger partial charge in [-0.3, -0.25) is 9.78 Å². The molecule has 1 aromatic heterocycles. The average molecular weight is 472 g/mol. The smallest absolute Gasteiger partial charge is 0.508 e. The molecule has 1 aromatic carbocycles. The third-order valence-corrected chi connectivity index (χ3v) is 5.55. The third-order valence-electron chi connectivity index (χ3n) is 4.25. The maximum absolute atomic E-state index is 12.2. The summed E-state index contributed by atoms with van der Waals surface area (Å²) < 4.78 is 22.5. The molecule has 0 saturated heterocycles. The second kappa shape index (κ2) is 10.8. The zero-order chi connectivity index (χ0) is 23.3. The minimum atomic E-state index is -2.47. The van der Waals surface area contributed by atoms with E-state index in [4.69, 9.17) is 20.9 Å². The molecular weight excluding hydrogens is 447 g/mol. The molecule has 168 valence electrons. The monoisotopic (exact) mass is 471 g/mol. The minimum Gasteiger partial charge on any atom is -0.508 e. The molecule has 0 saturated carbocycles. The van der Waals surface area contributed by atoms with Crippen LogP contribution in [0.3, 0.4) is 0 Å². The predicted octanol–water partition coefficient (Wildman–Crippen LogP) is 3.64. The molecule has 2 aromatic rings. The molecule has 0 aliphatic carbocycles. The molecule has 11 heteroatoms. The van der Waals surface area contributed by atoms with E-state index in [1.807, 2.05) is 0 Å². The first-order valence-electron chi connectivity index (χ1n) is 9.41. The van der Waals surface area contributed by atoms with Crippen LogP contribution in [0.1, 0.15) is 49.3 Å². The van der Waals surface area contributed by atoms with Gasteiger partial charge in [-0.05, 0) is 50.5 Å². The standard InChI is InChI=1S/C20H24ClN2O7P/c1-10(2)30-20(27)12(4)23-31(28)29-9-13-8-22-11(3)18(25)17(13)19(26)15-7-14(24)5-6-16(15)21/h5-8,10,12,19,26H,9H2,1-4H3,(H2-,23,24,25,28)/p+1/t12-,19-/m0/s1. The number of pyridine rings is 1. The normalized spacial score (nSPS) is 13.7. The zero-order valence-electron chi connectivity index (χ0n) is 17.5. The molecule has 3 atom stereocenters. The second-order valence-corrected chi connectivity index (χ2v) is 8.54. The molecule has 1 unspecified atom stereocenters. The molecule has 2 rings (SSSR count). The number of benzene rings is 1. The number of esters is 1. The highest BCUT2D eigenvalue weighted by atomic mass is 35.5. The molecule has 0 amide bonds. The number of nitrogens with one attached hydrogen (secondary N) is 1. The van der Waals surface area contributed by atoms with Crippen LogP contribution in [0.4, 0.5) is 0 Å². The molecule has 0 spiro atoms. The van der Waals surface area contributed by atoms with Gasteiger partial charge in [0.25, 0.3) is 0 Å². The van der Waals surface area contributed by atoms with Crippen molar-refractivity contribution in [3.05, 3.63) is 51.8 Å². The van der Waals surface area contributed by atoms with Gasteiger partial charge >= 0.3 is 14.1 Å². The van der Waals surface area contributed by atoms with E-state index < -0.39 is 26.3 Å².